The van der Waals surface area contributed by atoms with Crippen molar-refractivity contribution in [2.24, 2.45) is 0 Å². The first-order valence-corrected chi connectivity index (χ1v) is 10.2. The zero-order valence-corrected chi connectivity index (χ0v) is 17.0. The minimum absolute atomic E-state index is 0.301. The van der Waals surface area contributed by atoms with Crippen LogP contribution in [0.5, 0.6) is 0 Å². The smallest absolute Gasteiger partial charge is 0.337 e. The first-order valence-electron chi connectivity index (χ1n) is 9.22. The topological polar surface area (TPSA) is 57.0 Å². The van der Waals surface area contributed by atoms with Gasteiger partial charge in [-0.25, -0.2) is 9.18 Å². The lowest BCUT2D eigenvalue weighted by Gasteiger charge is -2.10. The van der Waals surface area contributed by atoms with Crippen LogP contribution >= 0.6 is 11.8 Å². The standard InChI is InChI=1S/C23H18FN3O2S/c1-29-22(28)18-7-5-6-16(14-18)15-30-23-26-25-21(17-10-12-19(24)13-11-17)27(23)20-8-3-2-4-9-20/h2-14H,15H2,1H3. The van der Waals surface area contributed by atoms with Crippen LogP contribution in [-0.4, -0.2) is 27.8 Å². The van der Waals surface area contributed by atoms with E-state index in [1.165, 1.54) is 31.0 Å². The zero-order chi connectivity index (χ0) is 20.9. The summed E-state index contributed by atoms with van der Waals surface area (Å²) in [5.41, 5.74) is 3.15. The van der Waals surface area contributed by atoms with Gasteiger partial charge in [0.15, 0.2) is 11.0 Å². The van der Waals surface area contributed by atoms with Gasteiger partial charge < -0.3 is 4.74 Å². The number of hydrogen-bond acceptors (Lipinski definition) is 5. The molecule has 5 nitrogen and oxygen atoms in total. The van der Waals surface area contributed by atoms with Gasteiger partial charge in [0, 0.05) is 17.0 Å². The molecule has 150 valence electrons. The number of methoxy groups -OCH3 is 1. The molecule has 0 fully saturated rings. The molecular weight excluding hydrogens is 401 g/mol. The molecule has 7 heteroatoms. The molecule has 0 atom stereocenters. The summed E-state index contributed by atoms with van der Waals surface area (Å²) in [6.45, 7) is 0. The van der Waals surface area contributed by atoms with Gasteiger partial charge in [0.1, 0.15) is 5.82 Å². The lowest BCUT2D eigenvalue weighted by molar-refractivity contribution is 0.0600. The lowest BCUT2D eigenvalue weighted by atomic mass is 10.1. The van der Waals surface area contributed by atoms with Crippen molar-refractivity contribution in [3.8, 4) is 17.1 Å². The number of hydrogen-bond donors (Lipinski definition) is 0. The molecule has 1 heterocycles. The molecule has 0 bridgehead atoms. The second-order valence-electron chi connectivity index (χ2n) is 6.46. The van der Waals surface area contributed by atoms with Crippen molar-refractivity contribution in [2.75, 3.05) is 7.11 Å². The van der Waals surface area contributed by atoms with Crippen molar-refractivity contribution >= 4 is 17.7 Å². The summed E-state index contributed by atoms with van der Waals surface area (Å²) < 4.78 is 20.1. The Morgan fingerprint density at radius 3 is 2.50 bits per heavy atom. The predicted molar refractivity (Wildman–Crippen MR) is 114 cm³/mol. The molecule has 1 aromatic heterocycles. The molecule has 0 N–H and O–H groups in total. The maximum atomic E-state index is 13.4. The Balaban J connectivity index is 1.67. The molecule has 0 spiro atoms. The van der Waals surface area contributed by atoms with E-state index in [0.717, 1.165) is 16.8 Å². The van der Waals surface area contributed by atoms with Gasteiger partial charge in [0.05, 0.1) is 12.7 Å². The van der Waals surface area contributed by atoms with E-state index in [-0.39, 0.29) is 11.8 Å². The van der Waals surface area contributed by atoms with Crippen molar-refractivity contribution in [1.29, 1.82) is 0 Å². The van der Waals surface area contributed by atoms with Gasteiger partial charge in [0.2, 0.25) is 0 Å². The van der Waals surface area contributed by atoms with Crippen LogP contribution < -0.4 is 0 Å². The van der Waals surface area contributed by atoms with E-state index in [9.17, 15) is 9.18 Å². The number of benzene rings is 3. The van der Waals surface area contributed by atoms with E-state index in [1.54, 1.807) is 18.2 Å². The molecule has 4 rings (SSSR count). The summed E-state index contributed by atoms with van der Waals surface area (Å²) in [4.78, 5) is 11.8. The molecule has 0 amide bonds. The van der Waals surface area contributed by atoms with Crippen LogP contribution in [0, 0.1) is 5.82 Å². The van der Waals surface area contributed by atoms with Crippen molar-refractivity contribution < 1.29 is 13.9 Å². The largest absolute Gasteiger partial charge is 0.465 e. The number of nitrogens with zero attached hydrogens (tertiary/aromatic N) is 3. The average Bonchev–Trinajstić information content (AvgIpc) is 3.22. The molecular formula is C23H18FN3O2S. The first-order chi connectivity index (χ1) is 14.7. The molecule has 0 unspecified atom stereocenters. The third kappa shape index (κ3) is 4.26. The Kier molecular flexibility index (Phi) is 5.90. The molecule has 30 heavy (non-hydrogen) atoms. The maximum absolute atomic E-state index is 13.4. The monoisotopic (exact) mass is 419 g/mol. The molecule has 0 aliphatic carbocycles. The van der Waals surface area contributed by atoms with Gasteiger partial charge in [-0.15, -0.1) is 10.2 Å². The van der Waals surface area contributed by atoms with Crippen LogP contribution in [0.15, 0.2) is 84.0 Å². The van der Waals surface area contributed by atoms with Crippen LogP contribution in [0.3, 0.4) is 0 Å². The van der Waals surface area contributed by atoms with E-state index >= 15 is 0 Å². The van der Waals surface area contributed by atoms with Crippen molar-refractivity contribution in [1.82, 2.24) is 14.8 Å². The van der Waals surface area contributed by atoms with Gasteiger partial charge in [0.25, 0.3) is 0 Å². The molecule has 0 saturated carbocycles. The molecule has 0 aliphatic rings. The third-order valence-corrected chi connectivity index (χ3v) is 5.47. The summed E-state index contributed by atoms with van der Waals surface area (Å²) in [5, 5.41) is 9.43. The fourth-order valence-corrected chi connectivity index (χ4v) is 3.91. The molecule has 3 aromatic carbocycles. The minimum Gasteiger partial charge on any atom is -0.465 e. The van der Waals surface area contributed by atoms with Crippen LogP contribution in [0.1, 0.15) is 15.9 Å². The van der Waals surface area contributed by atoms with Gasteiger partial charge in [-0.05, 0) is 54.1 Å². The Hall–Kier alpha value is -3.45. The van der Waals surface area contributed by atoms with E-state index in [0.29, 0.717) is 22.3 Å². The first kappa shape index (κ1) is 19.8. The van der Waals surface area contributed by atoms with Crippen molar-refractivity contribution in [3.05, 3.63) is 95.8 Å². The summed E-state index contributed by atoms with van der Waals surface area (Å²) in [6, 6.07) is 23.3. The number of carbonyl (C=O) groups is 1. The molecule has 4 aromatic rings. The zero-order valence-electron chi connectivity index (χ0n) is 16.2. The Morgan fingerprint density at radius 1 is 1.00 bits per heavy atom. The second-order valence-corrected chi connectivity index (χ2v) is 7.41. The fourth-order valence-electron chi connectivity index (χ4n) is 3.01. The van der Waals surface area contributed by atoms with Gasteiger partial charge in [-0.2, -0.15) is 0 Å². The second kappa shape index (κ2) is 8.92. The highest BCUT2D eigenvalue weighted by Crippen LogP contribution is 2.30. The van der Waals surface area contributed by atoms with Crippen LogP contribution in [0.25, 0.3) is 17.1 Å². The van der Waals surface area contributed by atoms with E-state index in [2.05, 4.69) is 10.2 Å². The quantitative estimate of drug-likeness (QED) is 0.319. The highest BCUT2D eigenvalue weighted by atomic mass is 32.2. The number of carbonyl (C=O) groups excluding carboxylic acids is 1. The Morgan fingerprint density at radius 2 is 1.77 bits per heavy atom. The van der Waals surface area contributed by atoms with Crippen molar-refractivity contribution in [2.45, 2.75) is 10.9 Å². The number of thioether (sulfide) groups is 1. The SMILES string of the molecule is COC(=O)c1cccc(CSc2nnc(-c3ccc(F)cc3)n2-c2ccccc2)c1. The van der Waals surface area contributed by atoms with Gasteiger partial charge in [-0.3, -0.25) is 4.57 Å². The van der Waals surface area contributed by atoms with Gasteiger partial charge >= 0.3 is 5.97 Å². The Labute approximate surface area is 177 Å². The lowest BCUT2D eigenvalue weighted by Crippen LogP contribution is -2.02. The average molecular weight is 419 g/mol. The van der Waals surface area contributed by atoms with E-state index in [4.69, 9.17) is 4.74 Å². The highest BCUT2D eigenvalue weighted by Gasteiger charge is 2.16. The molecule has 0 aliphatic heterocycles. The third-order valence-electron chi connectivity index (χ3n) is 4.47. The summed E-state index contributed by atoms with van der Waals surface area (Å²) >= 11 is 1.50. The van der Waals surface area contributed by atoms with Crippen molar-refractivity contribution in [3.63, 3.8) is 0 Å². The normalized spacial score (nSPS) is 10.7. The van der Waals surface area contributed by atoms with E-state index in [1.807, 2.05) is 53.1 Å². The number of aromatic nitrogens is 3. The van der Waals surface area contributed by atoms with E-state index < -0.39 is 0 Å². The Bertz CT molecular complexity index is 1160. The molecule has 0 radical (unpaired) electrons. The number of esters is 1. The highest BCUT2D eigenvalue weighted by molar-refractivity contribution is 7.98. The van der Waals surface area contributed by atoms with Crippen LogP contribution in [-0.2, 0) is 10.5 Å². The summed E-state index contributed by atoms with van der Waals surface area (Å²) in [7, 11) is 1.36. The minimum atomic E-state index is -0.368. The summed E-state index contributed by atoms with van der Waals surface area (Å²) in [6.07, 6.45) is 0. The van der Waals surface area contributed by atoms with Crippen LogP contribution in [0.2, 0.25) is 0 Å². The maximum Gasteiger partial charge on any atom is 0.337 e. The number of para-hydroxylation sites is 1. The molecule has 0 saturated heterocycles. The number of halogens is 1. The van der Waals surface area contributed by atoms with Crippen LogP contribution in [0.4, 0.5) is 4.39 Å². The fraction of sp³-hybridized carbons (Fsp3) is 0.0870. The number of ether oxygens (including phenoxy) is 1. The van der Waals surface area contributed by atoms with Gasteiger partial charge in [-0.1, -0.05) is 42.1 Å². The predicted octanol–water partition coefficient (Wildman–Crippen LogP) is 5.15. The number of rotatable bonds is 6. The summed E-state index contributed by atoms with van der Waals surface area (Å²) in [5.74, 6) is 0.559.